The smallest absolute Gasteiger partial charge is 0.269 e. The standard InChI is InChI=1S/C24H26N2O4/c27-24(22-12-7-13-23(16-22)26(28)29)18-25(17-20-8-3-1-4-9-20)14-15-30-19-21-10-5-2-6-11-21/h1-13,16,24,27H,14-15,17-19H2/t24-/m0/s1. The molecule has 0 aliphatic heterocycles. The first-order chi connectivity index (χ1) is 14.6. The van der Waals surface area contributed by atoms with E-state index in [-0.39, 0.29) is 5.69 Å². The number of nitrogens with zero attached hydrogens (tertiary/aromatic N) is 2. The average molecular weight is 406 g/mol. The number of non-ortho nitro benzene ring substituents is 1. The lowest BCUT2D eigenvalue weighted by Gasteiger charge is -2.25. The van der Waals surface area contributed by atoms with Crippen molar-refractivity contribution < 1.29 is 14.8 Å². The summed E-state index contributed by atoms with van der Waals surface area (Å²) in [6.07, 6.45) is -0.831. The van der Waals surface area contributed by atoms with Crippen molar-refractivity contribution in [1.29, 1.82) is 0 Å². The van der Waals surface area contributed by atoms with E-state index in [4.69, 9.17) is 4.74 Å². The predicted molar refractivity (Wildman–Crippen MR) is 116 cm³/mol. The minimum atomic E-state index is -0.831. The van der Waals surface area contributed by atoms with E-state index in [0.717, 1.165) is 11.1 Å². The molecule has 0 spiro atoms. The highest BCUT2D eigenvalue weighted by molar-refractivity contribution is 5.35. The molecule has 6 nitrogen and oxygen atoms in total. The van der Waals surface area contributed by atoms with Gasteiger partial charge in [-0.3, -0.25) is 15.0 Å². The number of nitro groups is 1. The maximum absolute atomic E-state index is 11.0. The highest BCUT2D eigenvalue weighted by atomic mass is 16.6. The van der Waals surface area contributed by atoms with Gasteiger partial charge in [0.2, 0.25) is 0 Å². The molecule has 1 atom stereocenters. The van der Waals surface area contributed by atoms with Crippen LogP contribution in [-0.4, -0.2) is 34.6 Å². The van der Waals surface area contributed by atoms with Crippen molar-refractivity contribution in [3.63, 3.8) is 0 Å². The largest absolute Gasteiger partial charge is 0.387 e. The maximum atomic E-state index is 11.0. The predicted octanol–water partition coefficient (Wildman–Crippen LogP) is 4.35. The summed E-state index contributed by atoms with van der Waals surface area (Å²) in [4.78, 5) is 12.7. The second kappa shape index (κ2) is 11.2. The highest BCUT2D eigenvalue weighted by Crippen LogP contribution is 2.21. The lowest BCUT2D eigenvalue weighted by Crippen LogP contribution is -2.31. The van der Waals surface area contributed by atoms with Gasteiger partial charge in [-0.1, -0.05) is 72.8 Å². The number of rotatable bonds is 11. The number of benzene rings is 3. The summed E-state index contributed by atoms with van der Waals surface area (Å²) in [5.74, 6) is 0. The molecule has 0 radical (unpaired) electrons. The third-order valence-corrected chi connectivity index (χ3v) is 4.81. The molecule has 3 rings (SSSR count). The van der Waals surface area contributed by atoms with E-state index in [1.54, 1.807) is 12.1 Å². The molecule has 30 heavy (non-hydrogen) atoms. The third-order valence-electron chi connectivity index (χ3n) is 4.81. The van der Waals surface area contributed by atoms with Crippen molar-refractivity contribution in [1.82, 2.24) is 4.90 Å². The summed E-state index contributed by atoms with van der Waals surface area (Å²) in [6.45, 7) is 2.69. The Labute approximate surface area is 176 Å². The van der Waals surface area contributed by atoms with Crippen LogP contribution >= 0.6 is 0 Å². The van der Waals surface area contributed by atoms with Crippen LogP contribution in [0.5, 0.6) is 0 Å². The Kier molecular flexibility index (Phi) is 8.09. The van der Waals surface area contributed by atoms with Gasteiger partial charge in [-0.25, -0.2) is 0 Å². The third kappa shape index (κ3) is 6.77. The number of aliphatic hydroxyl groups excluding tert-OH is 1. The Hall–Kier alpha value is -3.06. The van der Waals surface area contributed by atoms with Crippen molar-refractivity contribution in [3.05, 3.63) is 112 Å². The first-order valence-corrected chi connectivity index (χ1v) is 9.92. The molecule has 0 aliphatic carbocycles. The molecule has 0 aromatic heterocycles. The van der Waals surface area contributed by atoms with Crippen molar-refractivity contribution in [2.75, 3.05) is 19.7 Å². The molecule has 0 unspecified atom stereocenters. The quantitative estimate of drug-likeness (QED) is 0.291. The average Bonchev–Trinajstić information content (AvgIpc) is 2.78. The van der Waals surface area contributed by atoms with Crippen LogP contribution in [0.1, 0.15) is 22.8 Å². The Morgan fingerprint density at radius 2 is 1.60 bits per heavy atom. The Bertz CT molecular complexity index is 919. The zero-order chi connectivity index (χ0) is 21.2. The van der Waals surface area contributed by atoms with Crippen LogP contribution in [0.25, 0.3) is 0 Å². The van der Waals surface area contributed by atoms with E-state index in [1.165, 1.54) is 12.1 Å². The molecule has 0 amide bonds. The van der Waals surface area contributed by atoms with Crippen LogP contribution in [-0.2, 0) is 17.9 Å². The molecule has 6 heteroatoms. The number of nitro benzene ring substituents is 1. The number of aliphatic hydroxyl groups is 1. The van der Waals surface area contributed by atoms with E-state index < -0.39 is 11.0 Å². The van der Waals surface area contributed by atoms with Gasteiger partial charge in [0.05, 0.1) is 24.2 Å². The van der Waals surface area contributed by atoms with Gasteiger partial charge < -0.3 is 9.84 Å². The second-order valence-electron chi connectivity index (χ2n) is 7.13. The maximum Gasteiger partial charge on any atom is 0.269 e. The van der Waals surface area contributed by atoms with Gasteiger partial charge in [0, 0.05) is 31.8 Å². The van der Waals surface area contributed by atoms with Crippen molar-refractivity contribution >= 4 is 5.69 Å². The molecule has 3 aromatic carbocycles. The molecule has 0 aliphatic rings. The molecule has 156 valence electrons. The molecule has 3 aromatic rings. The van der Waals surface area contributed by atoms with Crippen LogP contribution in [0.4, 0.5) is 5.69 Å². The van der Waals surface area contributed by atoms with Crippen LogP contribution < -0.4 is 0 Å². The summed E-state index contributed by atoms with van der Waals surface area (Å²) in [6, 6.07) is 26.2. The van der Waals surface area contributed by atoms with Crippen LogP contribution in [0.15, 0.2) is 84.9 Å². The molecular formula is C24H26N2O4. The Morgan fingerprint density at radius 3 is 2.27 bits per heavy atom. The fraction of sp³-hybridized carbons (Fsp3) is 0.250. The molecule has 1 N–H and O–H groups in total. The fourth-order valence-electron chi connectivity index (χ4n) is 3.23. The van der Waals surface area contributed by atoms with Gasteiger partial charge in [-0.05, 0) is 16.7 Å². The SMILES string of the molecule is O=[N+]([O-])c1cccc([C@@H](O)CN(CCOCc2ccccc2)Cc2ccccc2)c1. The normalized spacial score (nSPS) is 12.1. The number of ether oxygens (including phenoxy) is 1. The second-order valence-corrected chi connectivity index (χ2v) is 7.13. The highest BCUT2D eigenvalue weighted by Gasteiger charge is 2.16. The number of hydrogen-bond acceptors (Lipinski definition) is 5. The lowest BCUT2D eigenvalue weighted by molar-refractivity contribution is -0.385. The number of hydrogen-bond donors (Lipinski definition) is 1. The van der Waals surface area contributed by atoms with Gasteiger partial charge >= 0.3 is 0 Å². The molecular weight excluding hydrogens is 380 g/mol. The Balaban J connectivity index is 1.61. The summed E-state index contributed by atoms with van der Waals surface area (Å²) in [5.41, 5.74) is 2.76. The minimum absolute atomic E-state index is 0.0210. The summed E-state index contributed by atoms with van der Waals surface area (Å²) in [7, 11) is 0. The monoisotopic (exact) mass is 406 g/mol. The Morgan fingerprint density at radius 1 is 0.933 bits per heavy atom. The summed E-state index contributed by atoms with van der Waals surface area (Å²) >= 11 is 0. The summed E-state index contributed by atoms with van der Waals surface area (Å²) < 4.78 is 5.81. The van der Waals surface area contributed by atoms with Crippen molar-refractivity contribution in [2.45, 2.75) is 19.3 Å². The zero-order valence-corrected chi connectivity index (χ0v) is 16.8. The van der Waals surface area contributed by atoms with E-state index >= 15 is 0 Å². The van der Waals surface area contributed by atoms with E-state index in [9.17, 15) is 15.2 Å². The van der Waals surface area contributed by atoms with Gasteiger partial charge in [0.25, 0.3) is 5.69 Å². The lowest BCUT2D eigenvalue weighted by atomic mass is 10.1. The van der Waals surface area contributed by atoms with Gasteiger partial charge in [-0.15, -0.1) is 0 Å². The topological polar surface area (TPSA) is 75.8 Å². The van der Waals surface area contributed by atoms with Gasteiger partial charge in [0.15, 0.2) is 0 Å². The van der Waals surface area contributed by atoms with E-state index in [1.807, 2.05) is 60.7 Å². The van der Waals surface area contributed by atoms with Gasteiger partial charge in [-0.2, -0.15) is 0 Å². The zero-order valence-electron chi connectivity index (χ0n) is 16.8. The fourth-order valence-corrected chi connectivity index (χ4v) is 3.23. The van der Waals surface area contributed by atoms with E-state index in [0.29, 0.717) is 38.4 Å². The molecule has 0 bridgehead atoms. The van der Waals surface area contributed by atoms with Crippen molar-refractivity contribution in [2.24, 2.45) is 0 Å². The first-order valence-electron chi connectivity index (χ1n) is 9.92. The summed E-state index contributed by atoms with van der Waals surface area (Å²) in [5, 5.41) is 21.7. The molecule has 0 fully saturated rings. The van der Waals surface area contributed by atoms with Crippen LogP contribution in [0.2, 0.25) is 0 Å². The van der Waals surface area contributed by atoms with E-state index in [2.05, 4.69) is 4.90 Å². The molecule has 0 saturated carbocycles. The van der Waals surface area contributed by atoms with Gasteiger partial charge in [0.1, 0.15) is 0 Å². The first kappa shape index (κ1) is 21.6. The molecule has 0 heterocycles. The molecule has 0 saturated heterocycles. The van der Waals surface area contributed by atoms with Crippen LogP contribution in [0, 0.1) is 10.1 Å². The minimum Gasteiger partial charge on any atom is -0.387 e. The van der Waals surface area contributed by atoms with Crippen LogP contribution in [0.3, 0.4) is 0 Å². The van der Waals surface area contributed by atoms with Crippen molar-refractivity contribution in [3.8, 4) is 0 Å².